The Morgan fingerprint density at radius 1 is 1.12 bits per heavy atom. The summed E-state index contributed by atoms with van der Waals surface area (Å²) in [5.41, 5.74) is 1.85. The van der Waals surface area contributed by atoms with E-state index in [9.17, 15) is 15.0 Å². The Kier molecular flexibility index (Phi) is 4.04. The minimum absolute atomic E-state index is 0.0658. The van der Waals surface area contributed by atoms with Crippen molar-refractivity contribution in [2.75, 3.05) is 18.7 Å². The topological polar surface area (TPSA) is 79.2 Å². The van der Waals surface area contributed by atoms with E-state index in [1.54, 1.807) is 44.3 Å². The van der Waals surface area contributed by atoms with E-state index in [2.05, 4.69) is 0 Å². The number of aromatic hydroxyl groups is 2. The second-order valence-corrected chi connectivity index (χ2v) is 5.47. The number of carbonyl (C=O) groups is 1. The number of likely N-dealkylation sites (N-methyl/N-ethyl adjacent to an activating group) is 1. The third-order valence-corrected chi connectivity index (χ3v) is 3.80. The molecule has 0 saturated carbocycles. The fourth-order valence-corrected chi connectivity index (χ4v) is 2.37. The molecule has 2 aromatic rings. The van der Waals surface area contributed by atoms with Crippen molar-refractivity contribution in [1.29, 1.82) is 0 Å². The number of amides is 1. The van der Waals surface area contributed by atoms with Gasteiger partial charge in [0, 0.05) is 25.3 Å². The average molecular weight is 327 g/mol. The number of ether oxygens (including phenoxy) is 2. The Hall–Kier alpha value is -3.15. The first-order chi connectivity index (χ1) is 11.5. The number of benzene rings is 2. The molecule has 0 saturated heterocycles. The minimum Gasteiger partial charge on any atom is -0.508 e. The van der Waals surface area contributed by atoms with Crippen LogP contribution in [0.4, 0.5) is 5.69 Å². The quantitative estimate of drug-likeness (QED) is 0.848. The van der Waals surface area contributed by atoms with Gasteiger partial charge in [0.05, 0.1) is 5.69 Å². The third kappa shape index (κ3) is 2.99. The lowest BCUT2D eigenvalue weighted by atomic mass is 10.1. The highest BCUT2D eigenvalue weighted by Gasteiger charge is 2.20. The maximum absolute atomic E-state index is 12.3. The molecular weight excluding hydrogens is 310 g/mol. The molecule has 1 aliphatic heterocycles. The van der Waals surface area contributed by atoms with Crippen LogP contribution in [-0.4, -0.2) is 30.0 Å². The predicted octanol–water partition coefficient (Wildman–Crippen LogP) is 2.81. The van der Waals surface area contributed by atoms with Gasteiger partial charge in [-0.25, -0.2) is 0 Å². The molecule has 1 amide bonds. The van der Waals surface area contributed by atoms with Crippen molar-refractivity contribution in [3.63, 3.8) is 0 Å². The molecule has 2 aromatic carbocycles. The van der Waals surface area contributed by atoms with Crippen LogP contribution in [0.15, 0.2) is 36.4 Å². The first-order valence-corrected chi connectivity index (χ1v) is 7.33. The standard InChI is InChI=1S/C18H17NO5/c1-11-7-12(3-5-14(11)20)4-6-18(22)19(2)13-8-16-17(9-15(13)21)24-10-23-16/h3-9,20-21H,10H2,1-2H3/b6-4+. The van der Waals surface area contributed by atoms with Crippen LogP contribution in [0.5, 0.6) is 23.0 Å². The number of phenols is 2. The summed E-state index contributed by atoms with van der Waals surface area (Å²) >= 11 is 0. The maximum Gasteiger partial charge on any atom is 0.250 e. The van der Waals surface area contributed by atoms with Crippen LogP contribution in [0.25, 0.3) is 6.08 Å². The molecule has 0 spiro atoms. The third-order valence-electron chi connectivity index (χ3n) is 3.80. The smallest absolute Gasteiger partial charge is 0.250 e. The highest BCUT2D eigenvalue weighted by atomic mass is 16.7. The number of rotatable bonds is 3. The summed E-state index contributed by atoms with van der Waals surface area (Å²) in [6.45, 7) is 1.88. The van der Waals surface area contributed by atoms with Crippen molar-refractivity contribution < 1.29 is 24.5 Å². The average Bonchev–Trinajstić information content (AvgIpc) is 3.01. The molecule has 3 rings (SSSR count). The lowest BCUT2D eigenvalue weighted by molar-refractivity contribution is -0.113. The van der Waals surface area contributed by atoms with Gasteiger partial charge in [-0.05, 0) is 36.3 Å². The Bertz CT molecular complexity index is 828. The van der Waals surface area contributed by atoms with Crippen molar-refractivity contribution in [3.05, 3.63) is 47.5 Å². The van der Waals surface area contributed by atoms with E-state index in [0.29, 0.717) is 17.2 Å². The SMILES string of the molecule is Cc1cc(/C=C/C(=O)N(C)c2cc3c(cc2O)OCO3)ccc1O. The molecule has 0 unspecified atom stereocenters. The Labute approximate surface area is 139 Å². The molecule has 0 aliphatic carbocycles. The van der Waals surface area contributed by atoms with Gasteiger partial charge in [-0.1, -0.05) is 6.07 Å². The van der Waals surface area contributed by atoms with Gasteiger partial charge in [0.2, 0.25) is 6.79 Å². The van der Waals surface area contributed by atoms with E-state index in [0.717, 1.165) is 11.1 Å². The molecule has 1 heterocycles. The zero-order chi connectivity index (χ0) is 17.3. The molecule has 0 radical (unpaired) electrons. The summed E-state index contributed by atoms with van der Waals surface area (Å²) in [4.78, 5) is 13.6. The molecule has 0 bridgehead atoms. The first-order valence-electron chi connectivity index (χ1n) is 7.33. The molecule has 124 valence electrons. The molecule has 24 heavy (non-hydrogen) atoms. The van der Waals surface area contributed by atoms with Crippen LogP contribution in [0.1, 0.15) is 11.1 Å². The van der Waals surface area contributed by atoms with Gasteiger partial charge in [0.25, 0.3) is 5.91 Å². The highest BCUT2D eigenvalue weighted by molar-refractivity contribution is 6.04. The highest BCUT2D eigenvalue weighted by Crippen LogP contribution is 2.41. The van der Waals surface area contributed by atoms with Gasteiger partial charge >= 0.3 is 0 Å². The number of nitrogens with zero attached hydrogens (tertiary/aromatic N) is 1. The summed E-state index contributed by atoms with van der Waals surface area (Å²) in [5, 5.41) is 19.6. The van der Waals surface area contributed by atoms with Gasteiger partial charge < -0.3 is 24.6 Å². The second kappa shape index (κ2) is 6.16. The molecular formula is C18H17NO5. The molecule has 2 N–H and O–H groups in total. The van der Waals surface area contributed by atoms with Crippen LogP contribution in [-0.2, 0) is 4.79 Å². The van der Waals surface area contributed by atoms with E-state index >= 15 is 0 Å². The lowest BCUT2D eigenvalue weighted by Gasteiger charge is -2.17. The normalized spacial score (nSPS) is 12.6. The lowest BCUT2D eigenvalue weighted by Crippen LogP contribution is -2.24. The van der Waals surface area contributed by atoms with Crippen molar-refractivity contribution >= 4 is 17.7 Å². The Morgan fingerprint density at radius 2 is 1.83 bits per heavy atom. The largest absolute Gasteiger partial charge is 0.508 e. The van der Waals surface area contributed by atoms with Crippen LogP contribution in [0.2, 0.25) is 0 Å². The Balaban J connectivity index is 1.79. The van der Waals surface area contributed by atoms with Gasteiger partial charge in [-0.2, -0.15) is 0 Å². The van der Waals surface area contributed by atoms with E-state index in [4.69, 9.17) is 9.47 Å². The molecule has 0 aromatic heterocycles. The van der Waals surface area contributed by atoms with Gasteiger partial charge in [0.1, 0.15) is 11.5 Å². The fourth-order valence-electron chi connectivity index (χ4n) is 2.37. The van der Waals surface area contributed by atoms with Crippen LogP contribution in [0.3, 0.4) is 0 Å². The van der Waals surface area contributed by atoms with E-state index in [-0.39, 0.29) is 24.2 Å². The van der Waals surface area contributed by atoms with Crippen molar-refractivity contribution in [3.8, 4) is 23.0 Å². The molecule has 0 fully saturated rings. The molecule has 0 atom stereocenters. The summed E-state index contributed by atoms with van der Waals surface area (Å²) in [6.07, 6.45) is 3.05. The van der Waals surface area contributed by atoms with Gasteiger partial charge in [-0.3, -0.25) is 4.79 Å². The first kappa shape index (κ1) is 15.7. The zero-order valence-corrected chi connectivity index (χ0v) is 13.3. The van der Waals surface area contributed by atoms with Crippen LogP contribution >= 0.6 is 0 Å². The number of carbonyl (C=O) groups excluding carboxylic acids is 1. The fraction of sp³-hybridized carbons (Fsp3) is 0.167. The summed E-state index contributed by atoms with van der Waals surface area (Å²) in [5.74, 6) is 0.771. The molecule has 6 heteroatoms. The summed E-state index contributed by atoms with van der Waals surface area (Å²) in [6, 6.07) is 8.05. The van der Waals surface area contributed by atoms with Gasteiger partial charge in [0.15, 0.2) is 11.5 Å². The molecule has 6 nitrogen and oxygen atoms in total. The minimum atomic E-state index is -0.310. The number of phenolic OH excluding ortho intramolecular Hbond substituents is 2. The Morgan fingerprint density at radius 3 is 2.54 bits per heavy atom. The van der Waals surface area contributed by atoms with E-state index < -0.39 is 0 Å². The van der Waals surface area contributed by atoms with E-state index in [1.165, 1.54) is 17.0 Å². The van der Waals surface area contributed by atoms with Crippen molar-refractivity contribution in [2.45, 2.75) is 6.92 Å². The second-order valence-electron chi connectivity index (χ2n) is 5.47. The van der Waals surface area contributed by atoms with Crippen LogP contribution in [0, 0.1) is 6.92 Å². The summed E-state index contributed by atoms with van der Waals surface area (Å²) in [7, 11) is 1.56. The number of fused-ring (bicyclic) bond motifs is 1. The number of aryl methyl sites for hydroxylation is 1. The number of anilines is 1. The van der Waals surface area contributed by atoms with Gasteiger partial charge in [-0.15, -0.1) is 0 Å². The van der Waals surface area contributed by atoms with Crippen LogP contribution < -0.4 is 14.4 Å². The monoisotopic (exact) mass is 327 g/mol. The number of hydrogen-bond acceptors (Lipinski definition) is 5. The van der Waals surface area contributed by atoms with Crippen molar-refractivity contribution in [1.82, 2.24) is 0 Å². The number of hydrogen-bond donors (Lipinski definition) is 2. The zero-order valence-electron chi connectivity index (χ0n) is 13.3. The van der Waals surface area contributed by atoms with Crippen molar-refractivity contribution in [2.24, 2.45) is 0 Å². The maximum atomic E-state index is 12.3. The van der Waals surface area contributed by atoms with E-state index in [1.807, 2.05) is 0 Å². The summed E-state index contributed by atoms with van der Waals surface area (Å²) < 4.78 is 10.4. The molecule has 1 aliphatic rings. The predicted molar refractivity (Wildman–Crippen MR) is 89.5 cm³/mol.